The Kier molecular flexibility index (Phi) is 6.52. The average Bonchev–Trinajstić information content (AvgIpc) is 2.44. The maximum atomic E-state index is 10.1. The molecule has 2 atom stereocenters. The molecule has 4 heteroatoms. The van der Waals surface area contributed by atoms with Crippen molar-refractivity contribution in [2.45, 2.75) is 64.7 Å². The molecule has 1 fully saturated rings. The van der Waals surface area contributed by atoms with Crippen molar-refractivity contribution in [1.29, 1.82) is 0 Å². The SMILES string of the molecule is CCCNCc1cc(Br)cc(C)c1OC1CCCCC1O. The van der Waals surface area contributed by atoms with E-state index >= 15 is 0 Å². The number of hydrogen-bond donors (Lipinski definition) is 2. The number of hydrogen-bond acceptors (Lipinski definition) is 3. The van der Waals surface area contributed by atoms with Crippen molar-refractivity contribution in [2.24, 2.45) is 0 Å². The zero-order valence-electron chi connectivity index (χ0n) is 13.0. The number of rotatable bonds is 6. The first-order chi connectivity index (χ1) is 10.1. The molecule has 2 rings (SSSR count). The van der Waals surface area contributed by atoms with Crippen LogP contribution in [0.25, 0.3) is 0 Å². The van der Waals surface area contributed by atoms with Gasteiger partial charge in [0.05, 0.1) is 6.10 Å². The summed E-state index contributed by atoms with van der Waals surface area (Å²) < 4.78 is 7.28. The van der Waals surface area contributed by atoms with Gasteiger partial charge in [0, 0.05) is 16.6 Å². The van der Waals surface area contributed by atoms with Gasteiger partial charge >= 0.3 is 0 Å². The van der Waals surface area contributed by atoms with E-state index in [-0.39, 0.29) is 12.2 Å². The molecule has 118 valence electrons. The molecular formula is C17H26BrNO2. The first kappa shape index (κ1) is 16.8. The maximum Gasteiger partial charge on any atom is 0.127 e. The molecule has 0 spiro atoms. The van der Waals surface area contributed by atoms with Crippen LogP contribution >= 0.6 is 15.9 Å². The molecule has 1 aliphatic carbocycles. The lowest BCUT2D eigenvalue weighted by molar-refractivity contribution is 0.00601. The van der Waals surface area contributed by atoms with E-state index in [1.54, 1.807) is 0 Å². The van der Waals surface area contributed by atoms with Crippen molar-refractivity contribution in [3.63, 3.8) is 0 Å². The standard InChI is InChI=1S/C17H26BrNO2/c1-3-8-19-11-13-10-14(18)9-12(2)17(13)21-16-7-5-4-6-15(16)20/h9-10,15-16,19-20H,3-8,11H2,1-2H3. The molecule has 1 aromatic rings. The van der Waals surface area contributed by atoms with Crippen LogP contribution in [0.3, 0.4) is 0 Å². The molecule has 1 aliphatic rings. The Morgan fingerprint density at radius 2 is 2.10 bits per heavy atom. The molecule has 0 bridgehead atoms. The monoisotopic (exact) mass is 355 g/mol. The minimum atomic E-state index is -0.335. The fourth-order valence-corrected chi connectivity index (χ4v) is 3.48. The van der Waals surface area contributed by atoms with Crippen molar-refractivity contribution in [1.82, 2.24) is 5.32 Å². The van der Waals surface area contributed by atoms with Crippen LogP contribution in [0.4, 0.5) is 0 Å². The predicted molar refractivity (Wildman–Crippen MR) is 89.8 cm³/mol. The van der Waals surface area contributed by atoms with Gasteiger partial charge in [0.2, 0.25) is 0 Å². The summed E-state index contributed by atoms with van der Waals surface area (Å²) in [6.07, 6.45) is 4.75. The number of aliphatic hydroxyl groups excluding tert-OH is 1. The van der Waals surface area contributed by atoms with E-state index < -0.39 is 0 Å². The zero-order valence-corrected chi connectivity index (χ0v) is 14.6. The summed E-state index contributed by atoms with van der Waals surface area (Å²) in [7, 11) is 0. The minimum absolute atomic E-state index is 0.0662. The quantitative estimate of drug-likeness (QED) is 0.759. The number of aryl methyl sites for hydroxylation is 1. The van der Waals surface area contributed by atoms with E-state index in [0.29, 0.717) is 0 Å². The van der Waals surface area contributed by atoms with E-state index in [4.69, 9.17) is 4.74 Å². The molecule has 0 saturated heterocycles. The first-order valence-electron chi connectivity index (χ1n) is 7.96. The van der Waals surface area contributed by atoms with Crippen LogP contribution in [0, 0.1) is 6.92 Å². The van der Waals surface area contributed by atoms with Gasteiger partial charge in [-0.25, -0.2) is 0 Å². The second-order valence-electron chi connectivity index (χ2n) is 5.90. The maximum absolute atomic E-state index is 10.1. The Bertz CT molecular complexity index is 464. The van der Waals surface area contributed by atoms with E-state index in [2.05, 4.69) is 47.2 Å². The molecule has 0 aromatic heterocycles. The lowest BCUT2D eigenvalue weighted by Gasteiger charge is -2.30. The second kappa shape index (κ2) is 8.16. The van der Waals surface area contributed by atoms with Gasteiger partial charge in [0.1, 0.15) is 11.9 Å². The molecule has 0 aliphatic heterocycles. The Labute approximate surface area is 136 Å². The van der Waals surface area contributed by atoms with E-state index in [1.165, 1.54) is 0 Å². The highest BCUT2D eigenvalue weighted by molar-refractivity contribution is 9.10. The zero-order chi connectivity index (χ0) is 15.2. The van der Waals surface area contributed by atoms with Crippen molar-refractivity contribution in [2.75, 3.05) is 6.54 Å². The Morgan fingerprint density at radius 1 is 1.33 bits per heavy atom. The summed E-state index contributed by atoms with van der Waals surface area (Å²) in [5.74, 6) is 0.938. The first-order valence-corrected chi connectivity index (χ1v) is 8.75. The van der Waals surface area contributed by atoms with E-state index in [0.717, 1.165) is 66.5 Å². The van der Waals surface area contributed by atoms with Crippen LogP contribution < -0.4 is 10.1 Å². The van der Waals surface area contributed by atoms with Crippen molar-refractivity contribution in [3.05, 3.63) is 27.7 Å². The molecule has 2 N–H and O–H groups in total. The van der Waals surface area contributed by atoms with Gasteiger partial charge in [-0.05, 0) is 56.8 Å². The van der Waals surface area contributed by atoms with Gasteiger partial charge in [-0.1, -0.05) is 29.3 Å². The second-order valence-corrected chi connectivity index (χ2v) is 6.81. The highest BCUT2D eigenvalue weighted by Crippen LogP contribution is 2.32. The summed E-state index contributed by atoms with van der Waals surface area (Å²) in [6, 6.07) is 4.19. The number of halogens is 1. The molecule has 21 heavy (non-hydrogen) atoms. The van der Waals surface area contributed by atoms with Crippen LogP contribution in [-0.4, -0.2) is 23.9 Å². The Balaban J connectivity index is 2.15. The fourth-order valence-electron chi connectivity index (χ4n) is 2.87. The molecular weight excluding hydrogens is 330 g/mol. The minimum Gasteiger partial charge on any atom is -0.487 e. The molecule has 3 nitrogen and oxygen atoms in total. The van der Waals surface area contributed by atoms with Crippen LogP contribution in [0.15, 0.2) is 16.6 Å². The molecule has 1 aromatic carbocycles. The van der Waals surface area contributed by atoms with Crippen LogP contribution in [0.2, 0.25) is 0 Å². The summed E-state index contributed by atoms with van der Waals surface area (Å²) in [5.41, 5.74) is 2.28. The van der Waals surface area contributed by atoms with Crippen molar-refractivity contribution in [3.8, 4) is 5.75 Å². The van der Waals surface area contributed by atoms with Crippen molar-refractivity contribution < 1.29 is 9.84 Å². The third kappa shape index (κ3) is 4.70. The van der Waals surface area contributed by atoms with Gasteiger partial charge in [0.15, 0.2) is 0 Å². The molecule has 1 saturated carbocycles. The fraction of sp³-hybridized carbons (Fsp3) is 0.647. The summed E-state index contributed by atoms with van der Waals surface area (Å²) in [6.45, 7) is 6.02. The highest BCUT2D eigenvalue weighted by atomic mass is 79.9. The van der Waals surface area contributed by atoms with Crippen LogP contribution in [-0.2, 0) is 6.54 Å². The topological polar surface area (TPSA) is 41.5 Å². The van der Waals surface area contributed by atoms with Crippen LogP contribution in [0.1, 0.15) is 50.2 Å². The van der Waals surface area contributed by atoms with Gasteiger partial charge < -0.3 is 15.2 Å². The molecule has 0 amide bonds. The van der Waals surface area contributed by atoms with Gasteiger partial charge in [0.25, 0.3) is 0 Å². The number of benzene rings is 1. The molecule has 0 radical (unpaired) electrons. The third-order valence-electron chi connectivity index (χ3n) is 4.00. The van der Waals surface area contributed by atoms with Gasteiger partial charge in [-0.2, -0.15) is 0 Å². The highest BCUT2D eigenvalue weighted by Gasteiger charge is 2.26. The largest absolute Gasteiger partial charge is 0.487 e. The number of nitrogens with one attached hydrogen (secondary N) is 1. The third-order valence-corrected chi connectivity index (χ3v) is 4.45. The van der Waals surface area contributed by atoms with E-state index in [1.807, 2.05) is 0 Å². The predicted octanol–water partition coefficient (Wildman–Crippen LogP) is 3.94. The lowest BCUT2D eigenvalue weighted by Crippen LogP contribution is -2.35. The summed E-state index contributed by atoms with van der Waals surface area (Å²) in [5, 5.41) is 13.6. The van der Waals surface area contributed by atoms with Crippen LogP contribution in [0.5, 0.6) is 5.75 Å². The molecule has 2 unspecified atom stereocenters. The Morgan fingerprint density at radius 3 is 2.81 bits per heavy atom. The average molecular weight is 356 g/mol. The van der Waals surface area contributed by atoms with Crippen molar-refractivity contribution >= 4 is 15.9 Å². The number of ether oxygens (including phenoxy) is 1. The van der Waals surface area contributed by atoms with Gasteiger partial charge in [-0.15, -0.1) is 0 Å². The van der Waals surface area contributed by atoms with Gasteiger partial charge in [-0.3, -0.25) is 0 Å². The summed E-state index contributed by atoms with van der Waals surface area (Å²) >= 11 is 3.56. The molecule has 0 heterocycles. The normalized spacial score (nSPS) is 22.3. The summed E-state index contributed by atoms with van der Waals surface area (Å²) in [4.78, 5) is 0. The Hall–Kier alpha value is -0.580. The number of aliphatic hydroxyl groups is 1. The smallest absolute Gasteiger partial charge is 0.127 e. The lowest BCUT2D eigenvalue weighted by atomic mass is 9.94. The van der Waals surface area contributed by atoms with E-state index in [9.17, 15) is 5.11 Å².